The fourth-order valence-electron chi connectivity index (χ4n) is 3.30. The van der Waals surface area contributed by atoms with Gasteiger partial charge in [0.05, 0.1) is 0 Å². The molecule has 0 saturated carbocycles. The molecule has 27 heavy (non-hydrogen) atoms. The lowest BCUT2D eigenvalue weighted by atomic mass is 10.0. The summed E-state index contributed by atoms with van der Waals surface area (Å²) in [5.74, 6) is 0.325. The lowest BCUT2D eigenvalue weighted by Crippen LogP contribution is -2.58. The number of benzene rings is 1. The fraction of sp³-hybridized carbons (Fsp3) is 0.500. The third kappa shape index (κ3) is 4.89. The summed E-state index contributed by atoms with van der Waals surface area (Å²) in [5, 5.41) is 7.56. The Balaban J connectivity index is 1.57. The number of halogens is 1. The topological polar surface area (TPSA) is 61.6 Å². The number of hydrogen-bond donors (Lipinski definition) is 1. The van der Waals surface area contributed by atoms with Crippen LogP contribution in [0.1, 0.15) is 31.3 Å². The predicted molar refractivity (Wildman–Crippen MR) is 107 cm³/mol. The van der Waals surface area contributed by atoms with Crippen molar-refractivity contribution in [3.63, 3.8) is 0 Å². The Kier molecular flexibility index (Phi) is 6.19. The first-order valence-electron chi connectivity index (χ1n) is 9.37. The van der Waals surface area contributed by atoms with E-state index in [1.54, 1.807) is 18.2 Å². The number of rotatable bonds is 6. The number of carbonyl (C=O) groups is 1. The van der Waals surface area contributed by atoms with Crippen molar-refractivity contribution in [2.24, 2.45) is 0 Å². The zero-order chi connectivity index (χ0) is 19.4. The Labute approximate surface area is 165 Å². The predicted octanol–water partition coefficient (Wildman–Crippen LogP) is 3.14. The molecule has 2 heterocycles. The highest BCUT2D eigenvalue weighted by Crippen LogP contribution is 2.22. The summed E-state index contributed by atoms with van der Waals surface area (Å²) >= 11 is 5.90. The van der Waals surface area contributed by atoms with Crippen molar-refractivity contribution in [3.05, 3.63) is 41.0 Å². The van der Waals surface area contributed by atoms with Crippen molar-refractivity contribution in [2.75, 3.05) is 39.3 Å². The number of nitrogens with zero attached hydrogens (tertiary/aromatic N) is 3. The summed E-state index contributed by atoms with van der Waals surface area (Å²) in [6.45, 7) is 12.3. The van der Waals surface area contributed by atoms with E-state index in [9.17, 15) is 4.79 Å². The second kappa shape index (κ2) is 8.42. The molecule has 3 rings (SSSR count). The van der Waals surface area contributed by atoms with Gasteiger partial charge >= 0.3 is 0 Å². The van der Waals surface area contributed by atoms with Crippen LogP contribution >= 0.6 is 11.6 Å². The van der Waals surface area contributed by atoms with Crippen molar-refractivity contribution >= 4 is 17.5 Å². The maximum Gasteiger partial charge on any atom is 0.273 e. The maximum atomic E-state index is 12.5. The Bertz CT molecular complexity index is 765. The molecule has 1 saturated heterocycles. The second-order valence-electron chi connectivity index (χ2n) is 7.50. The van der Waals surface area contributed by atoms with Gasteiger partial charge in [0, 0.05) is 54.9 Å². The van der Waals surface area contributed by atoms with Crippen LogP contribution in [0.25, 0.3) is 11.3 Å². The number of nitrogens with one attached hydrogen (secondary N) is 1. The molecular formula is C20H27ClN4O2. The minimum Gasteiger partial charge on any atom is -0.355 e. The van der Waals surface area contributed by atoms with Gasteiger partial charge in [0.2, 0.25) is 0 Å². The van der Waals surface area contributed by atoms with Gasteiger partial charge in [-0.05, 0) is 44.7 Å². The van der Waals surface area contributed by atoms with E-state index >= 15 is 0 Å². The molecule has 0 atom stereocenters. The summed E-state index contributed by atoms with van der Waals surface area (Å²) in [7, 11) is 0. The third-order valence-corrected chi connectivity index (χ3v) is 5.48. The average molecular weight is 391 g/mol. The Morgan fingerprint density at radius 1 is 1.22 bits per heavy atom. The molecule has 0 bridgehead atoms. The molecule has 0 spiro atoms. The zero-order valence-electron chi connectivity index (χ0n) is 16.2. The van der Waals surface area contributed by atoms with Crippen LogP contribution in [0.4, 0.5) is 0 Å². The zero-order valence-corrected chi connectivity index (χ0v) is 16.9. The molecule has 1 fully saturated rings. The van der Waals surface area contributed by atoms with Gasteiger partial charge in [-0.1, -0.05) is 23.7 Å². The molecule has 6 nitrogen and oxygen atoms in total. The van der Waals surface area contributed by atoms with E-state index in [1.165, 1.54) is 0 Å². The van der Waals surface area contributed by atoms with E-state index in [4.69, 9.17) is 16.1 Å². The molecule has 1 amide bonds. The first-order chi connectivity index (χ1) is 12.9. The molecule has 7 heteroatoms. The van der Waals surface area contributed by atoms with Crippen molar-refractivity contribution in [1.29, 1.82) is 0 Å². The molecule has 1 N–H and O–H groups in total. The largest absolute Gasteiger partial charge is 0.355 e. The summed E-state index contributed by atoms with van der Waals surface area (Å²) in [6.07, 6.45) is 0. The molecule has 1 aromatic carbocycles. The van der Waals surface area contributed by atoms with Gasteiger partial charge in [0.1, 0.15) is 0 Å². The van der Waals surface area contributed by atoms with Crippen molar-refractivity contribution < 1.29 is 9.32 Å². The van der Waals surface area contributed by atoms with E-state index in [0.29, 0.717) is 17.3 Å². The average Bonchev–Trinajstić information content (AvgIpc) is 3.17. The van der Waals surface area contributed by atoms with E-state index in [1.807, 2.05) is 12.1 Å². The minimum atomic E-state index is -0.223. The van der Waals surface area contributed by atoms with Crippen molar-refractivity contribution in [2.45, 2.75) is 26.3 Å². The van der Waals surface area contributed by atoms with Crippen LogP contribution in [0.3, 0.4) is 0 Å². The van der Waals surface area contributed by atoms with E-state index < -0.39 is 0 Å². The second-order valence-corrected chi connectivity index (χ2v) is 7.94. The lowest BCUT2D eigenvalue weighted by Gasteiger charge is -2.44. The number of aromatic nitrogens is 1. The van der Waals surface area contributed by atoms with Gasteiger partial charge in [0.25, 0.3) is 5.91 Å². The molecule has 146 valence electrons. The van der Waals surface area contributed by atoms with Crippen LogP contribution in [0, 0.1) is 0 Å². The van der Waals surface area contributed by atoms with Crippen molar-refractivity contribution in [3.8, 4) is 11.3 Å². The summed E-state index contributed by atoms with van der Waals surface area (Å²) in [5.41, 5.74) is 1.00. The Morgan fingerprint density at radius 2 is 1.89 bits per heavy atom. The summed E-state index contributed by atoms with van der Waals surface area (Å²) in [4.78, 5) is 17.4. The molecule has 0 radical (unpaired) electrons. The maximum absolute atomic E-state index is 12.5. The first kappa shape index (κ1) is 19.9. The molecule has 1 aliphatic rings. The van der Waals surface area contributed by atoms with E-state index in [2.05, 4.69) is 41.0 Å². The Morgan fingerprint density at radius 3 is 2.52 bits per heavy atom. The van der Waals surface area contributed by atoms with Crippen LogP contribution in [0.2, 0.25) is 5.02 Å². The summed E-state index contributed by atoms with van der Waals surface area (Å²) in [6, 6.07) is 8.89. The summed E-state index contributed by atoms with van der Waals surface area (Å²) < 4.78 is 5.31. The monoisotopic (exact) mass is 390 g/mol. The fourth-order valence-corrected chi connectivity index (χ4v) is 3.43. The van der Waals surface area contributed by atoms with Gasteiger partial charge in [-0.15, -0.1) is 0 Å². The molecule has 0 aliphatic carbocycles. The van der Waals surface area contributed by atoms with Crippen LogP contribution in [-0.4, -0.2) is 65.7 Å². The molecule has 1 aliphatic heterocycles. The number of amides is 1. The van der Waals surface area contributed by atoms with E-state index in [0.717, 1.165) is 38.3 Å². The lowest BCUT2D eigenvalue weighted by molar-refractivity contribution is 0.0520. The molecule has 0 unspecified atom stereocenters. The standard InChI is InChI=1S/C20H27ClN4O2/c1-4-24-9-11-25(12-10-24)20(2,3)14-22-19(26)17-13-18(27-23-17)15-5-7-16(21)8-6-15/h5-8,13H,4,9-12,14H2,1-3H3,(H,22,26). The number of likely N-dealkylation sites (N-methyl/N-ethyl adjacent to an activating group) is 1. The number of hydrogen-bond acceptors (Lipinski definition) is 5. The highest BCUT2D eigenvalue weighted by atomic mass is 35.5. The SMILES string of the molecule is CCN1CCN(C(C)(C)CNC(=O)c2cc(-c3ccc(Cl)cc3)on2)CC1. The first-order valence-corrected chi connectivity index (χ1v) is 9.75. The minimum absolute atomic E-state index is 0.113. The van der Waals surface area contributed by atoms with Gasteiger partial charge < -0.3 is 14.7 Å². The molecule has 2 aromatic rings. The smallest absolute Gasteiger partial charge is 0.273 e. The number of piperazine rings is 1. The van der Waals surface area contributed by atoms with Crippen LogP contribution in [-0.2, 0) is 0 Å². The number of carbonyl (C=O) groups excluding carboxylic acids is 1. The highest BCUT2D eigenvalue weighted by molar-refractivity contribution is 6.30. The van der Waals surface area contributed by atoms with Crippen LogP contribution < -0.4 is 5.32 Å². The van der Waals surface area contributed by atoms with Crippen LogP contribution in [0.5, 0.6) is 0 Å². The van der Waals surface area contributed by atoms with Gasteiger partial charge in [0.15, 0.2) is 11.5 Å². The van der Waals surface area contributed by atoms with Gasteiger partial charge in [-0.25, -0.2) is 0 Å². The highest BCUT2D eigenvalue weighted by Gasteiger charge is 2.30. The van der Waals surface area contributed by atoms with Crippen LogP contribution in [0.15, 0.2) is 34.9 Å². The third-order valence-electron chi connectivity index (χ3n) is 5.23. The normalized spacial score (nSPS) is 16.4. The van der Waals surface area contributed by atoms with Gasteiger partial charge in [-0.3, -0.25) is 9.69 Å². The van der Waals surface area contributed by atoms with E-state index in [-0.39, 0.29) is 17.1 Å². The van der Waals surface area contributed by atoms with Gasteiger partial charge in [-0.2, -0.15) is 0 Å². The Hall–Kier alpha value is -1.89. The molecular weight excluding hydrogens is 364 g/mol. The molecule has 1 aromatic heterocycles. The van der Waals surface area contributed by atoms with Crippen molar-refractivity contribution in [1.82, 2.24) is 20.3 Å². The quantitative estimate of drug-likeness (QED) is 0.821.